The van der Waals surface area contributed by atoms with E-state index in [2.05, 4.69) is 24.1 Å². The predicted molar refractivity (Wildman–Crippen MR) is 61.7 cm³/mol. The molecule has 1 heterocycles. The van der Waals surface area contributed by atoms with Crippen molar-refractivity contribution in [3.63, 3.8) is 0 Å². The summed E-state index contributed by atoms with van der Waals surface area (Å²) in [5, 5.41) is 14.1. The van der Waals surface area contributed by atoms with E-state index in [0.717, 1.165) is 6.42 Å². The van der Waals surface area contributed by atoms with E-state index in [4.69, 9.17) is 11.6 Å². The molecular formula is C10H12ClN3O2. The monoisotopic (exact) mass is 241 g/mol. The third-order valence-corrected chi connectivity index (χ3v) is 3.07. The Balaban J connectivity index is 2.25. The summed E-state index contributed by atoms with van der Waals surface area (Å²) in [4.78, 5) is 14.3. The molecule has 5 nitrogen and oxygen atoms in total. The Bertz CT molecular complexity index is 448. The van der Waals surface area contributed by atoms with Crippen molar-refractivity contribution in [3.8, 4) is 0 Å². The lowest BCUT2D eigenvalue weighted by atomic mass is 10.2. The molecule has 1 N–H and O–H groups in total. The lowest BCUT2D eigenvalue weighted by Crippen LogP contribution is -2.11. The molecule has 1 atom stereocenters. The Hall–Kier alpha value is -1.36. The van der Waals surface area contributed by atoms with Crippen LogP contribution in [0.2, 0.25) is 5.15 Å². The number of pyridine rings is 1. The lowest BCUT2D eigenvalue weighted by molar-refractivity contribution is -0.384. The Morgan fingerprint density at radius 2 is 2.25 bits per heavy atom. The van der Waals surface area contributed by atoms with E-state index < -0.39 is 4.92 Å². The van der Waals surface area contributed by atoms with E-state index in [-0.39, 0.29) is 28.1 Å². The molecular weight excluding hydrogens is 230 g/mol. The molecule has 0 aromatic carbocycles. The molecule has 1 fully saturated rings. The van der Waals surface area contributed by atoms with Gasteiger partial charge in [0.25, 0.3) is 0 Å². The number of hydrogen-bond acceptors (Lipinski definition) is 4. The molecule has 0 radical (unpaired) electrons. The van der Waals surface area contributed by atoms with Crippen LogP contribution in [0.5, 0.6) is 0 Å². The maximum Gasteiger partial charge on any atom is 0.311 e. The second-order valence-corrected chi connectivity index (χ2v) is 5.04. The Morgan fingerprint density at radius 3 is 2.75 bits per heavy atom. The molecule has 1 aliphatic carbocycles. The fourth-order valence-electron chi connectivity index (χ4n) is 1.56. The average Bonchev–Trinajstić information content (AvgIpc) is 2.72. The van der Waals surface area contributed by atoms with Crippen LogP contribution in [0.4, 0.5) is 11.5 Å². The van der Waals surface area contributed by atoms with Crippen LogP contribution in [0, 0.1) is 15.5 Å². The van der Waals surface area contributed by atoms with Crippen LogP contribution in [0.3, 0.4) is 0 Å². The van der Waals surface area contributed by atoms with Crippen LogP contribution in [-0.4, -0.2) is 15.9 Å². The van der Waals surface area contributed by atoms with Crippen molar-refractivity contribution in [2.75, 3.05) is 5.32 Å². The molecule has 1 unspecified atom stereocenters. The molecule has 1 saturated carbocycles. The summed E-state index contributed by atoms with van der Waals surface area (Å²) >= 11 is 5.72. The van der Waals surface area contributed by atoms with Gasteiger partial charge in [0.15, 0.2) is 0 Å². The van der Waals surface area contributed by atoms with Crippen molar-refractivity contribution in [3.05, 3.63) is 27.4 Å². The third kappa shape index (κ3) is 2.09. The number of nitrogens with zero attached hydrogens (tertiary/aromatic N) is 2. The summed E-state index contributed by atoms with van der Waals surface area (Å²) < 4.78 is 0. The third-order valence-electron chi connectivity index (χ3n) is 2.86. The smallest absolute Gasteiger partial charge is 0.311 e. The number of anilines is 1. The van der Waals surface area contributed by atoms with Crippen molar-refractivity contribution in [1.29, 1.82) is 0 Å². The fraction of sp³-hybridized carbons (Fsp3) is 0.500. The summed E-state index contributed by atoms with van der Waals surface area (Å²) in [5.74, 6) is 0.257. The van der Waals surface area contributed by atoms with Gasteiger partial charge in [0.2, 0.25) is 5.82 Å². The molecule has 0 spiro atoms. The van der Waals surface area contributed by atoms with E-state index >= 15 is 0 Å². The molecule has 1 aromatic rings. The second kappa shape index (κ2) is 3.59. The molecule has 0 saturated heterocycles. The normalized spacial score (nSPS) is 21.6. The largest absolute Gasteiger partial charge is 0.361 e. The Morgan fingerprint density at radius 1 is 1.62 bits per heavy atom. The van der Waals surface area contributed by atoms with Gasteiger partial charge in [0.1, 0.15) is 5.15 Å². The summed E-state index contributed by atoms with van der Waals surface area (Å²) in [5.41, 5.74) is 0.143. The van der Waals surface area contributed by atoms with Crippen LogP contribution >= 0.6 is 11.6 Å². The average molecular weight is 242 g/mol. The first kappa shape index (κ1) is 11.1. The number of rotatable bonds is 3. The van der Waals surface area contributed by atoms with Crippen LogP contribution in [0.25, 0.3) is 0 Å². The van der Waals surface area contributed by atoms with Gasteiger partial charge in [-0.1, -0.05) is 25.4 Å². The zero-order chi connectivity index (χ0) is 11.9. The zero-order valence-corrected chi connectivity index (χ0v) is 9.78. The number of hydrogen-bond donors (Lipinski definition) is 1. The number of nitro groups is 1. The molecule has 86 valence electrons. The zero-order valence-electron chi connectivity index (χ0n) is 9.03. The van der Waals surface area contributed by atoms with E-state index in [9.17, 15) is 10.1 Å². The van der Waals surface area contributed by atoms with Crippen molar-refractivity contribution in [2.45, 2.75) is 26.3 Å². The van der Waals surface area contributed by atoms with Gasteiger partial charge in [-0.2, -0.15) is 0 Å². The van der Waals surface area contributed by atoms with Gasteiger partial charge in [-0.25, -0.2) is 4.98 Å². The minimum Gasteiger partial charge on any atom is -0.361 e. The topological polar surface area (TPSA) is 68.1 Å². The van der Waals surface area contributed by atoms with Gasteiger partial charge in [0, 0.05) is 12.1 Å². The maximum absolute atomic E-state index is 10.8. The first-order valence-electron chi connectivity index (χ1n) is 4.97. The summed E-state index contributed by atoms with van der Waals surface area (Å²) in [6.07, 6.45) is 0.984. The summed E-state index contributed by atoms with van der Waals surface area (Å²) in [6, 6.07) is 3.02. The minimum atomic E-state index is -0.457. The number of aromatic nitrogens is 1. The number of nitrogens with one attached hydrogen (secondary N) is 1. The van der Waals surface area contributed by atoms with E-state index in [1.165, 1.54) is 12.1 Å². The van der Waals surface area contributed by atoms with Crippen molar-refractivity contribution in [2.24, 2.45) is 5.41 Å². The van der Waals surface area contributed by atoms with E-state index in [0.29, 0.717) is 0 Å². The Labute approximate surface area is 98.0 Å². The van der Waals surface area contributed by atoms with E-state index in [1.54, 1.807) is 0 Å². The highest BCUT2D eigenvalue weighted by atomic mass is 35.5. The highest BCUT2D eigenvalue weighted by Crippen LogP contribution is 2.47. The van der Waals surface area contributed by atoms with Crippen molar-refractivity contribution >= 4 is 23.1 Å². The van der Waals surface area contributed by atoms with Gasteiger partial charge in [0.05, 0.1) is 4.92 Å². The molecule has 16 heavy (non-hydrogen) atoms. The van der Waals surface area contributed by atoms with Crippen molar-refractivity contribution in [1.82, 2.24) is 4.98 Å². The molecule has 2 rings (SSSR count). The molecule has 0 bridgehead atoms. The van der Waals surface area contributed by atoms with Crippen LogP contribution in [-0.2, 0) is 0 Å². The lowest BCUT2D eigenvalue weighted by Gasteiger charge is -2.07. The second-order valence-electron chi connectivity index (χ2n) is 4.65. The molecule has 0 aliphatic heterocycles. The van der Waals surface area contributed by atoms with E-state index in [1.807, 2.05) is 0 Å². The van der Waals surface area contributed by atoms with Gasteiger partial charge >= 0.3 is 5.69 Å². The standard InChI is InChI=1S/C10H12ClN3O2/c1-10(2)5-7(10)12-9-6(14(15)16)3-4-8(11)13-9/h3-4,7H,5H2,1-2H3,(H,12,13). The minimum absolute atomic E-state index is 0.0351. The Kier molecular flexibility index (Phi) is 2.50. The van der Waals surface area contributed by atoms with Gasteiger partial charge in [-0.3, -0.25) is 10.1 Å². The highest BCUT2D eigenvalue weighted by molar-refractivity contribution is 6.29. The SMILES string of the molecule is CC1(C)CC1Nc1nc(Cl)ccc1[N+](=O)[O-]. The fourth-order valence-corrected chi connectivity index (χ4v) is 1.71. The van der Waals surface area contributed by atoms with Crippen molar-refractivity contribution < 1.29 is 4.92 Å². The first-order chi connectivity index (χ1) is 7.40. The van der Waals surface area contributed by atoms with Crippen LogP contribution in [0.15, 0.2) is 12.1 Å². The van der Waals surface area contributed by atoms with Gasteiger partial charge in [-0.05, 0) is 17.9 Å². The quantitative estimate of drug-likeness (QED) is 0.502. The number of halogens is 1. The predicted octanol–water partition coefficient (Wildman–Crippen LogP) is 2.85. The molecule has 1 aromatic heterocycles. The van der Waals surface area contributed by atoms with Crippen LogP contribution in [0.1, 0.15) is 20.3 Å². The van der Waals surface area contributed by atoms with Gasteiger partial charge in [-0.15, -0.1) is 0 Å². The summed E-state index contributed by atoms with van der Waals surface area (Å²) in [7, 11) is 0. The maximum atomic E-state index is 10.8. The first-order valence-corrected chi connectivity index (χ1v) is 5.35. The molecule has 6 heteroatoms. The highest BCUT2D eigenvalue weighted by Gasteiger charge is 2.46. The molecule has 1 aliphatic rings. The van der Waals surface area contributed by atoms with Gasteiger partial charge < -0.3 is 5.32 Å². The summed E-state index contributed by atoms with van der Waals surface area (Å²) in [6.45, 7) is 4.20. The molecule has 0 amide bonds. The van der Waals surface area contributed by atoms with Crippen LogP contribution < -0.4 is 5.32 Å².